The van der Waals surface area contributed by atoms with E-state index in [0.29, 0.717) is 29.1 Å². The monoisotopic (exact) mass is 326 g/mol. The molecule has 2 N–H and O–H groups in total. The molecule has 0 atom stereocenters. The quantitative estimate of drug-likeness (QED) is 0.843. The number of carbonyl (C=O) groups is 2. The second-order valence-corrected chi connectivity index (χ2v) is 5.49. The lowest BCUT2D eigenvalue weighted by Gasteiger charge is -2.12. The Balaban J connectivity index is 2.15. The average Bonchev–Trinajstić information content (AvgIpc) is 2.55. The van der Waals surface area contributed by atoms with Gasteiger partial charge in [-0.15, -0.1) is 0 Å². The van der Waals surface area contributed by atoms with Crippen LogP contribution in [0.25, 0.3) is 0 Å². The fourth-order valence-corrected chi connectivity index (χ4v) is 2.43. The van der Waals surface area contributed by atoms with E-state index in [1.54, 1.807) is 37.4 Å². The molecule has 0 saturated carbocycles. The molecule has 0 aliphatic heterocycles. The number of amides is 2. The summed E-state index contributed by atoms with van der Waals surface area (Å²) in [5.41, 5.74) is 2.63. The number of para-hydroxylation sites is 1. The summed E-state index contributed by atoms with van der Waals surface area (Å²) in [5, 5.41) is 5.65. The number of ether oxygens (including phenoxy) is 1. The van der Waals surface area contributed by atoms with Gasteiger partial charge in [-0.25, -0.2) is 0 Å². The summed E-state index contributed by atoms with van der Waals surface area (Å²) >= 11 is 0. The highest BCUT2D eigenvalue weighted by atomic mass is 16.5. The van der Waals surface area contributed by atoms with Gasteiger partial charge < -0.3 is 15.4 Å². The van der Waals surface area contributed by atoms with Gasteiger partial charge in [-0.3, -0.25) is 9.59 Å². The molecular weight excluding hydrogens is 304 g/mol. The second kappa shape index (κ2) is 8.15. The van der Waals surface area contributed by atoms with Gasteiger partial charge in [-0.2, -0.15) is 0 Å². The Kier molecular flexibility index (Phi) is 5.95. The Morgan fingerprint density at radius 3 is 2.38 bits per heavy atom. The third-order valence-electron chi connectivity index (χ3n) is 3.54. The predicted molar refractivity (Wildman–Crippen MR) is 95.7 cm³/mol. The molecule has 2 amide bonds. The molecule has 24 heavy (non-hydrogen) atoms. The zero-order valence-electron chi connectivity index (χ0n) is 14.2. The molecule has 0 aliphatic carbocycles. The molecule has 2 aromatic rings. The largest absolute Gasteiger partial charge is 0.496 e. The van der Waals surface area contributed by atoms with Crippen molar-refractivity contribution in [2.45, 2.75) is 26.7 Å². The lowest BCUT2D eigenvalue weighted by molar-refractivity contribution is -0.116. The number of benzene rings is 2. The number of aryl methyl sites for hydroxylation is 1. The molecule has 0 unspecified atom stereocenters. The first-order chi connectivity index (χ1) is 11.5. The molecule has 0 fully saturated rings. The molecule has 0 bridgehead atoms. The van der Waals surface area contributed by atoms with E-state index in [4.69, 9.17) is 4.74 Å². The van der Waals surface area contributed by atoms with E-state index >= 15 is 0 Å². The number of anilines is 2. The molecule has 5 heteroatoms. The smallest absolute Gasteiger partial charge is 0.259 e. The van der Waals surface area contributed by atoms with Gasteiger partial charge in [0.25, 0.3) is 5.91 Å². The lowest BCUT2D eigenvalue weighted by Crippen LogP contribution is -2.14. The van der Waals surface area contributed by atoms with Crippen LogP contribution < -0.4 is 15.4 Å². The van der Waals surface area contributed by atoms with E-state index in [2.05, 4.69) is 10.6 Å². The molecule has 2 rings (SSSR count). The number of nitrogens with one attached hydrogen (secondary N) is 2. The van der Waals surface area contributed by atoms with Crippen molar-refractivity contribution < 1.29 is 14.3 Å². The third-order valence-corrected chi connectivity index (χ3v) is 3.54. The van der Waals surface area contributed by atoms with Crippen molar-refractivity contribution >= 4 is 23.2 Å². The SMILES string of the molecule is CCCC(=O)Nc1cccc(NC(=O)c2cccc(C)c2OC)c1. The Labute approximate surface area is 142 Å². The number of hydrogen-bond acceptors (Lipinski definition) is 3. The number of carbonyl (C=O) groups excluding carboxylic acids is 2. The summed E-state index contributed by atoms with van der Waals surface area (Å²) in [4.78, 5) is 24.2. The van der Waals surface area contributed by atoms with Gasteiger partial charge in [0.2, 0.25) is 5.91 Å². The van der Waals surface area contributed by atoms with Crippen LogP contribution in [0.5, 0.6) is 5.75 Å². The fourth-order valence-electron chi connectivity index (χ4n) is 2.43. The van der Waals surface area contributed by atoms with Gasteiger partial charge in [0, 0.05) is 17.8 Å². The standard InChI is InChI=1S/C19H22N2O3/c1-4-7-17(22)20-14-9-6-10-15(12-14)21-19(23)16-11-5-8-13(2)18(16)24-3/h5-6,8-12H,4,7H2,1-3H3,(H,20,22)(H,21,23). The Hall–Kier alpha value is -2.82. The van der Waals surface area contributed by atoms with E-state index in [-0.39, 0.29) is 11.8 Å². The highest BCUT2D eigenvalue weighted by molar-refractivity contribution is 6.06. The van der Waals surface area contributed by atoms with Gasteiger partial charge in [0.15, 0.2) is 0 Å². The molecule has 0 aliphatic rings. The van der Waals surface area contributed by atoms with Crippen LogP contribution in [0.15, 0.2) is 42.5 Å². The first kappa shape index (κ1) is 17.5. The number of hydrogen-bond donors (Lipinski definition) is 2. The van der Waals surface area contributed by atoms with Crippen molar-refractivity contribution in [3.05, 3.63) is 53.6 Å². The molecule has 0 radical (unpaired) electrons. The predicted octanol–water partition coefficient (Wildman–Crippen LogP) is 3.99. The van der Waals surface area contributed by atoms with E-state index in [1.165, 1.54) is 0 Å². The Morgan fingerprint density at radius 1 is 1.04 bits per heavy atom. The summed E-state index contributed by atoms with van der Waals surface area (Å²) in [6, 6.07) is 12.5. The molecule has 0 spiro atoms. The highest BCUT2D eigenvalue weighted by Gasteiger charge is 2.14. The third kappa shape index (κ3) is 4.35. The van der Waals surface area contributed by atoms with Gasteiger partial charge in [0.1, 0.15) is 5.75 Å². The minimum atomic E-state index is -0.257. The Morgan fingerprint density at radius 2 is 1.71 bits per heavy atom. The highest BCUT2D eigenvalue weighted by Crippen LogP contribution is 2.24. The molecule has 126 valence electrons. The molecule has 0 saturated heterocycles. The maximum atomic E-state index is 12.5. The molecular formula is C19H22N2O3. The van der Waals surface area contributed by atoms with Gasteiger partial charge in [0.05, 0.1) is 12.7 Å². The minimum Gasteiger partial charge on any atom is -0.496 e. The minimum absolute atomic E-state index is 0.0404. The zero-order valence-corrected chi connectivity index (χ0v) is 14.2. The van der Waals surface area contributed by atoms with Gasteiger partial charge in [-0.05, 0) is 43.2 Å². The average molecular weight is 326 g/mol. The molecule has 2 aromatic carbocycles. The van der Waals surface area contributed by atoms with Crippen molar-refractivity contribution in [2.24, 2.45) is 0 Å². The van der Waals surface area contributed by atoms with Crippen LogP contribution in [-0.2, 0) is 4.79 Å². The van der Waals surface area contributed by atoms with Gasteiger partial charge in [-0.1, -0.05) is 25.1 Å². The molecule has 0 heterocycles. The van der Waals surface area contributed by atoms with Gasteiger partial charge >= 0.3 is 0 Å². The van der Waals surface area contributed by atoms with Crippen molar-refractivity contribution in [2.75, 3.05) is 17.7 Å². The molecule has 5 nitrogen and oxygen atoms in total. The summed E-state index contributed by atoms with van der Waals surface area (Å²) in [6.07, 6.45) is 1.26. The number of methoxy groups -OCH3 is 1. The Bertz CT molecular complexity index is 741. The van der Waals surface area contributed by atoms with E-state index in [9.17, 15) is 9.59 Å². The lowest BCUT2D eigenvalue weighted by atomic mass is 10.1. The zero-order chi connectivity index (χ0) is 17.5. The van der Waals surface area contributed by atoms with E-state index in [0.717, 1.165) is 12.0 Å². The van der Waals surface area contributed by atoms with Crippen molar-refractivity contribution in [3.63, 3.8) is 0 Å². The normalized spacial score (nSPS) is 10.1. The van der Waals surface area contributed by atoms with E-state index < -0.39 is 0 Å². The summed E-state index contributed by atoms with van der Waals surface area (Å²) in [5.74, 6) is 0.260. The molecule has 0 aromatic heterocycles. The topological polar surface area (TPSA) is 67.4 Å². The number of rotatable bonds is 6. The van der Waals surface area contributed by atoms with Crippen LogP contribution in [0.2, 0.25) is 0 Å². The van der Waals surface area contributed by atoms with Crippen molar-refractivity contribution in [1.82, 2.24) is 0 Å². The van der Waals surface area contributed by atoms with Crippen LogP contribution in [0.4, 0.5) is 11.4 Å². The van der Waals surface area contributed by atoms with Crippen molar-refractivity contribution in [3.8, 4) is 5.75 Å². The van der Waals surface area contributed by atoms with Crippen LogP contribution in [0.1, 0.15) is 35.7 Å². The summed E-state index contributed by atoms with van der Waals surface area (Å²) < 4.78 is 5.32. The van der Waals surface area contributed by atoms with Crippen LogP contribution in [-0.4, -0.2) is 18.9 Å². The maximum Gasteiger partial charge on any atom is 0.259 e. The second-order valence-electron chi connectivity index (χ2n) is 5.49. The van der Waals surface area contributed by atoms with Crippen LogP contribution in [0.3, 0.4) is 0 Å². The summed E-state index contributed by atoms with van der Waals surface area (Å²) in [6.45, 7) is 3.84. The first-order valence-electron chi connectivity index (χ1n) is 7.90. The van der Waals surface area contributed by atoms with Crippen LogP contribution in [0, 0.1) is 6.92 Å². The maximum absolute atomic E-state index is 12.5. The fraction of sp³-hybridized carbons (Fsp3) is 0.263. The van der Waals surface area contributed by atoms with E-state index in [1.807, 2.05) is 26.0 Å². The summed E-state index contributed by atoms with van der Waals surface area (Å²) in [7, 11) is 1.54. The van der Waals surface area contributed by atoms with Crippen LogP contribution >= 0.6 is 0 Å². The first-order valence-corrected chi connectivity index (χ1v) is 7.90. The van der Waals surface area contributed by atoms with Crippen molar-refractivity contribution in [1.29, 1.82) is 0 Å².